The third-order valence-corrected chi connectivity index (χ3v) is 5.86. The first-order valence-electron chi connectivity index (χ1n) is 11.2. The van der Waals surface area contributed by atoms with Gasteiger partial charge in [-0.1, -0.05) is 6.07 Å². The zero-order valence-corrected chi connectivity index (χ0v) is 18.6. The lowest BCUT2D eigenvalue weighted by Gasteiger charge is -2.28. The molecule has 0 fully saturated rings. The van der Waals surface area contributed by atoms with Gasteiger partial charge in [0.05, 0.1) is 30.7 Å². The van der Waals surface area contributed by atoms with Crippen molar-refractivity contribution in [2.75, 3.05) is 13.2 Å². The molecular weight excluding hydrogens is 416 g/mol. The third kappa shape index (κ3) is 4.42. The Kier molecular flexibility index (Phi) is 5.99. The topological polar surface area (TPSA) is 78.1 Å². The molecule has 0 unspecified atom stereocenters. The second-order valence-corrected chi connectivity index (χ2v) is 8.01. The summed E-state index contributed by atoms with van der Waals surface area (Å²) in [6.07, 6.45) is 8.27. The number of rotatable bonds is 7. The van der Waals surface area contributed by atoms with Crippen LogP contribution < -0.4 is 0 Å². The molecule has 1 aliphatic heterocycles. The maximum absolute atomic E-state index is 12.7. The molecule has 8 heteroatoms. The lowest BCUT2D eigenvalue weighted by atomic mass is 10.0. The zero-order chi connectivity index (χ0) is 22.6. The molecule has 5 heterocycles. The molecule has 33 heavy (non-hydrogen) atoms. The van der Waals surface area contributed by atoms with Crippen LogP contribution in [-0.2, 0) is 30.8 Å². The SMILES string of the molecule is CCOC(=O)c1nn(Cc2ccccn2)c2c1CN(Cc1cccn1-c1cccnc1)CC2. The van der Waals surface area contributed by atoms with E-state index in [1.54, 1.807) is 12.4 Å². The number of ether oxygens (including phenoxy) is 1. The molecule has 5 rings (SSSR count). The molecule has 0 bridgehead atoms. The van der Waals surface area contributed by atoms with Gasteiger partial charge >= 0.3 is 5.97 Å². The fourth-order valence-corrected chi connectivity index (χ4v) is 4.34. The number of carbonyl (C=O) groups is 1. The summed E-state index contributed by atoms with van der Waals surface area (Å²) in [6.45, 7) is 4.95. The Morgan fingerprint density at radius 1 is 1.09 bits per heavy atom. The van der Waals surface area contributed by atoms with Gasteiger partial charge in [-0.25, -0.2) is 4.79 Å². The standard InChI is InChI=1S/C25H26N6O2/c1-2-33-25(32)24-22-18-29(17-21-9-6-13-30(21)20-8-5-11-26-15-20)14-10-23(22)31(28-24)16-19-7-3-4-12-27-19/h3-9,11-13,15H,2,10,14,16-18H2,1H3. The first-order valence-corrected chi connectivity index (χ1v) is 11.2. The van der Waals surface area contributed by atoms with Gasteiger partial charge in [0.25, 0.3) is 0 Å². The van der Waals surface area contributed by atoms with Crippen LogP contribution in [0.2, 0.25) is 0 Å². The maximum atomic E-state index is 12.7. The van der Waals surface area contributed by atoms with E-state index in [2.05, 4.69) is 36.8 Å². The summed E-state index contributed by atoms with van der Waals surface area (Å²) in [7, 11) is 0. The Bertz CT molecular complexity index is 1230. The summed E-state index contributed by atoms with van der Waals surface area (Å²) >= 11 is 0. The first kappa shape index (κ1) is 21.1. The van der Waals surface area contributed by atoms with E-state index in [0.29, 0.717) is 25.4 Å². The van der Waals surface area contributed by atoms with E-state index >= 15 is 0 Å². The second kappa shape index (κ2) is 9.38. The summed E-state index contributed by atoms with van der Waals surface area (Å²) in [5.41, 5.74) is 5.57. The smallest absolute Gasteiger partial charge is 0.359 e. The Labute approximate surface area is 192 Å². The molecule has 0 aliphatic carbocycles. The van der Waals surface area contributed by atoms with Crippen molar-refractivity contribution in [1.82, 2.24) is 29.2 Å². The first-order chi connectivity index (χ1) is 16.2. The minimum Gasteiger partial charge on any atom is -0.461 e. The van der Waals surface area contributed by atoms with E-state index in [1.807, 2.05) is 54.2 Å². The quantitative estimate of drug-likeness (QED) is 0.409. The van der Waals surface area contributed by atoms with Crippen LogP contribution in [0.4, 0.5) is 0 Å². The zero-order valence-electron chi connectivity index (χ0n) is 18.6. The van der Waals surface area contributed by atoms with Crippen LogP contribution in [0.1, 0.15) is 40.1 Å². The van der Waals surface area contributed by atoms with Gasteiger partial charge in [-0.2, -0.15) is 5.10 Å². The number of hydrogen-bond donors (Lipinski definition) is 0. The van der Waals surface area contributed by atoms with Crippen molar-refractivity contribution >= 4 is 5.97 Å². The Morgan fingerprint density at radius 3 is 2.82 bits per heavy atom. The van der Waals surface area contributed by atoms with Gasteiger partial charge in [0.2, 0.25) is 0 Å². The summed E-state index contributed by atoms with van der Waals surface area (Å²) < 4.78 is 9.38. The van der Waals surface area contributed by atoms with Crippen molar-refractivity contribution in [3.05, 3.63) is 95.6 Å². The lowest BCUT2D eigenvalue weighted by molar-refractivity contribution is 0.0515. The molecule has 0 N–H and O–H groups in total. The third-order valence-electron chi connectivity index (χ3n) is 5.86. The minimum absolute atomic E-state index is 0.322. The molecule has 0 radical (unpaired) electrons. The van der Waals surface area contributed by atoms with E-state index in [4.69, 9.17) is 4.74 Å². The highest BCUT2D eigenvalue weighted by Crippen LogP contribution is 2.26. The fraction of sp³-hybridized carbons (Fsp3) is 0.280. The summed E-state index contributed by atoms with van der Waals surface area (Å²) in [5.74, 6) is -0.367. The van der Waals surface area contributed by atoms with E-state index in [1.165, 1.54) is 5.69 Å². The van der Waals surface area contributed by atoms with Gasteiger partial charge in [0.15, 0.2) is 5.69 Å². The van der Waals surface area contributed by atoms with Crippen LogP contribution in [0, 0.1) is 0 Å². The Balaban J connectivity index is 1.41. The molecule has 1 aliphatic rings. The molecular formula is C25H26N6O2. The van der Waals surface area contributed by atoms with Crippen LogP contribution in [0.3, 0.4) is 0 Å². The Morgan fingerprint density at radius 2 is 2.03 bits per heavy atom. The molecule has 4 aromatic rings. The normalized spacial score (nSPS) is 13.6. The molecule has 0 saturated carbocycles. The molecule has 0 saturated heterocycles. The number of nitrogens with zero attached hydrogens (tertiary/aromatic N) is 6. The molecule has 0 aromatic carbocycles. The van der Waals surface area contributed by atoms with E-state index in [9.17, 15) is 4.79 Å². The summed E-state index contributed by atoms with van der Waals surface area (Å²) in [5, 5.41) is 4.66. The van der Waals surface area contributed by atoms with Crippen molar-refractivity contribution in [2.24, 2.45) is 0 Å². The van der Waals surface area contributed by atoms with Crippen LogP contribution in [0.15, 0.2) is 67.3 Å². The molecule has 0 amide bonds. The summed E-state index contributed by atoms with van der Waals surface area (Å²) in [4.78, 5) is 23.7. The number of hydrogen-bond acceptors (Lipinski definition) is 6. The minimum atomic E-state index is -0.367. The van der Waals surface area contributed by atoms with Crippen molar-refractivity contribution in [2.45, 2.75) is 33.0 Å². The monoisotopic (exact) mass is 442 g/mol. The predicted molar refractivity (Wildman–Crippen MR) is 123 cm³/mol. The van der Waals surface area contributed by atoms with Crippen LogP contribution >= 0.6 is 0 Å². The molecule has 0 atom stereocenters. The second-order valence-electron chi connectivity index (χ2n) is 8.01. The van der Waals surface area contributed by atoms with Crippen molar-refractivity contribution in [1.29, 1.82) is 0 Å². The molecule has 4 aromatic heterocycles. The van der Waals surface area contributed by atoms with Crippen molar-refractivity contribution in [3.8, 4) is 5.69 Å². The molecule has 0 spiro atoms. The van der Waals surface area contributed by atoms with Gasteiger partial charge in [0.1, 0.15) is 0 Å². The van der Waals surface area contributed by atoms with Gasteiger partial charge < -0.3 is 9.30 Å². The van der Waals surface area contributed by atoms with Crippen molar-refractivity contribution in [3.63, 3.8) is 0 Å². The van der Waals surface area contributed by atoms with Crippen LogP contribution in [0.5, 0.6) is 0 Å². The van der Waals surface area contributed by atoms with Crippen molar-refractivity contribution < 1.29 is 9.53 Å². The predicted octanol–water partition coefficient (Wildman–Crippen LogP) is 3.25. The molecule has 168 valence electrons. The number of esters is 1. The largest absolute Gasteiger partial charge is 0.461 e. The van der Waals surface area contributed by atoms with Gasteiger partial charge in [-0.05, 0) is 43.3 Å². The highest BCUT2D eigenvalue weighted by atomic mass is 16.5. The number of fused-ring (bicyclic) bond motifs is 1. The number of aromatic nitrogens is 5. The highest BCUT2D eigenvalue weighted by molar-refractivity contribution is 5.89. The van der Waals surface area contributed by atoms with Crippen LogP contribution in [0.25, 0.3) is 5.69 Å². The average Bonchev–Trinajstić information content (AvgIpc) is 3.45. The average molecular weight is 443 g/mol. The highest BCUT2D eigenvalue weighted by Gasteiger charge is 2.29. The lowest BCUT2D eigenvalue weighted by Crippen LogP contribution is -2.32. The number of pyridine rings is 2. The Hall–Kier alpha value is -3.78. The van der Waals surface area contributed by atoms with Gasteiger partial charge in [0, 0.05) is 61.6 Å². The van der Waals surface area contributed by atoms with E-state index in [-0.39, 0.29) is 5.97 Å². The van der Waals surface area contributed by atoms with E-state index < -0.39 is 0 Å². The number of carbonyl (C=O) groups excluding carboxylic acids is 1. The summed E-state index contributed by atoms with van der Waals surface area (Å²) in [6, 6.07) is 14.0. The molecule has 8 nitrogen and oxygen atoms in total. The fourth-order valence-electron chi connectivity index (χ4n) is 4.34. The van der Waals surface area contributed by atoms with Crippen LogP contribution in [-0.4, -0.2) is 48.3 Å². The maximum Gasteiger partial charge on any atom is 0.359 e. The van der Waals surface area contributed by atoms with E-state index in [0.717, 1.165) is 42.1 Å². The van der Waals surface area contributed by atoms with Gasteiger partial charge in [-0.15, -0.1) is 0 Å². The van der Waals surface area contributed by atoms with Gasteiger partial charge in [-0.3, -0.25) is 19.5 Å².